The van der Waals surface area contributed by atoms with Gasteiger partial charge in [0.25, 0.3) is 0 Å². The zero-order chi connectivity index (χ0) is 14.8. The molecule has 1 unspecified atom stereocenters. The third-order valence-corrected chi connectivity index (χ3v) is 5.27. The van der Waals surface area contributed by atoms with Crippen molar-refractivity contribution in [1.29, 1.82) is 0 Å². The van der Waals surface area contributed by atoms with Crippen LogP contribution < -0.4 is 5.73 Å². The van der Waals surface area contributed by atoms with Gasteiger partial charge in [0, 0.05) is 12.7 Å². The molecule has 1 atom stereocenters. The summed E-state index contributed by atoms with van der Waals surface area (Å²) in [6.07, 6.45) is 3.36. The van der Waals surface area contributed by atoms with E-state index in [1.54, 1.807) is 0 Å². The fraction of sp³-hybridized carbons (Fsp3) is 0.500. The molecule has 1 saturated heterocycles. The molecule has 0 aromatic carbocycles. The molecule has 0 spiro atoms. The number of esters is 1. The van der Waals surface area contributed by atoms with Crippen LogP contribution in [0.25, 0.3) is 0 Å². The fourth-order valence-electron chi connectivity index (χ4n) is 2.31. The number of rotatable bonds is 3. The Bertz CT molecular complexity index is 602. The highest BCUT2D eigenvalue weighted by molar-refractivity contribution is 7.89. The third-order valence-electron chi connectivity index (χ3n) is 3.31. The van der Waals surface area contributed by atoms with Crippen LogP contribution in [0.15, 0.2) is 23.2 Å². The van der Waals surface area contributed by atoms with Crippen LogP contribution in [-0.2, 0) is 19.6 Å². The van der Waals surface area contributed by atoms with Crippen molar-refractivity contribution in [2.24, 2.45) is 0 Å². The first-order valence-corrected chi connectivity index (χ1v) is 7.72. The highest BCUT2D eigenvalue weighted by Crippen LogP contribution is 2.27. The molecule has 2 rings (SSSR count). The second-order valence-electron chi connectivity index (χ2n) is 4.54. The first-order valence-electron chi connectivity index (χ1n) is 6.28. The maximum atomic E-state index is 12.6. The van der Waals surface area contributed by atoms with Gasteiger partial charge in [-0.2, -0.15) is 4.31 Å². The van der Waals surface area contributed by atoms with Crippen LogP contribution in [0.3, 0.4) is 0 Å². The maximum absolute atomic E-state index is 12.6. The SMILES string of the molecule is COC(=O)C1CCCCN1S(=O)(=O)c1cccnc1N. The molecule has 1 aliphatic rings. The van der Waals surface area contributed by atoms with Gasteiger partial charge in [-0.3, -0.25) is 4.79 Å². The van der Waals surface area contributed by atoms with Gasteiger partial charge in [-0.1, -0.05) is 0 Å². The second kappa shape index (κ2) is 5.76. The van der Waals surface area contributed by atoms with Gasteiger partial charge in [-0.05, 0) is 31.4 Å². The molecule has 0 saturated carbocycles. The molecule has 110 valence electrons. The number of anilines is 1. The molecule has 0 aliphatic carbocycles. The van der Waals surface area contributed by atoms with Crippen LogP contribution in [0.4, 0.5) is 5.82 Å². The van der Waals surface area contributed by atoms with Crippen LogP contribution in [0, 0.1) is 0 Å². The van der Waals surface area contributed by atoms with E-state index in [4.69, 9.17) is 5.73 Å². The minimum Gasteiger partial charge on any atom is -0.468 e. The van der Waals surface area contributed by atoms with Crippen molar-refractivity contribution < 1.29 is 17.9 Å². The van der Waals surface area contributed by atoms with E-state index in [9.17, 15) is 13.2 Å². The van der Waals surface area contributed by atoms with E-state index >= 15 is 0 Å². The Balaban J connectivity index is 2.41. The Hall–Kier alpha value is -1.67. The van der Waals surface area contributed by atoms with E-state index in [-0.39, 0.29) is 17.3 Å². The number of ether oxygens (including phenoxy) is 1. The summed E-state index contributed by atoms with van der Waals surface area (Å²) in [4.78, 5) is 15.5. The van der Waals surface area contributed by atoms with Crippen LogP contribution in [0.1, 0.15) is 19.3 Å². The number of carbonyl (C=O) groups excluding carboxylic acids is 1. The van der Waals surface area contributed by atoms with E-state index in [0.29, 0.717) is 12.8 Å². The quantitative estimate of drug-likeness (QED) is 0.809. The average Bonchev–Trinajstić information content (AvgIpc) is 2.46. The number of sulfonamides is 1. The van der Waals surface area contributed by atoms with Crippen molar-refractivity contribution in [3.8, 4) is 0 Å². The summed E-state index contributed by atoms with van der Waals surface area (Å²) in [5.41, 5.74) is 5.63. The molecule has 0 radical (unpaired) electrons. The largest absolute Gasteiger partial charge is 0.468 e. The van der Waals surface area contributed by atoms with E-state index in [0.717, 1.165) is 10.7 Å². The molecular formula is C12H17N3O4S. The molecule has 1 aromatic heterocycles. The lowest BCUT2D eigenvalue weighted by molar-refractivity contribution is -0.146. The van der Waals surface area contributed by atoms with Gasteiger partial charge < -0.3 is 10.5 Å². The Morgan fingerprint density at radius 2 is 2.25 bits per heavy atom. The monoisotopic (exact) mass is 299 g/mol. The molecular weight excluding hydrogens is 282 g/mol. The lowest BCUT2D eigenvalue weighted by atomic mass is 10.1. The molecule has 0 amide bonds. The Morgan fingerprint density at radius 1 is 1.50 bits per heavy atom. The van der Waals surface area contributed by atoms with E-state index < -0.39 is 22.0 Å². The lowest BCUT2D eigenvalue weighted by Crippen LogP contribution is -2.48. The molecule has 7 nitrogen and oxygen atoms in total. The summed E-state index contributed by atoms with van der Waals surface area (Å²) >= 11 is 0. The molecule has 1 fully saturated rings. The average molecular weight is 299 g/mol. The molecule has 2 N–H and O–H groups in total. The number of nitrogens with two attached hydrogens (primary N) is 1. The number of hydrogen-bond donors (Lipinski definition) is 1. The molecule has 20 heavy (non-hydrogen) atoms. The minimum atomic E-state index is -3.85. The minimum absolute atomic E-state index is 0.0679. The summed E-state index contributed by atoms with van der Waals surface area (Å²) in [6.45, 7) is 0.274. The van der Waals surface area contributed by atoms with Crippen LogP contribution in [0.2, 0.25) is 0 Å². The molecule has 1 aromatic rings. The Labute approximate surface area is 117 Å². The van der Waals surface area contributed by atoms with Gasteiger partial charge in [-0.25, -0.2) is 13.4 Å². The van der Waals surface area contributed by atoms with Crippen molar-refractivity contribution in [3.05, 3.63) is 18.3 Å². The van der Waals surface area contributed by atoms with E-state index in [1.165, 1.54) is 25.4 Å². The van der Waals surface area contributed by atoms with Crippen molar-refractivity contribution >= 4 is 21.8 Å². The summed E-state index contributed by atoms with van der Waals surface area (Å²) in [5, 5.41) is 0. The van der Waals surface area contributed by atoms with E-state index in [2.05, 4.69) is 9.72 Å². The third kappa shape index (κ3) is 2.61. The number of nitrogens with zero attached hydrogens (tertiary/aromatic N) is 2. The highest BCUT2D eigenvalue weighted by atomic mass is 32.2. The number of nitrogen functional groups attached to an aromatic ring is 1. The number of carbonyl (C=O) groups is 1. The Kier molecular flexibility index (Phi) is 4.24. The normalized spacial score (nSPS) is 20.6. The highest BCUT2D eigenvalue weighted by Gasteiger charge is 2.39. The first kappa shape index (κ1) is 14.7. The summed E-state index contributed by atoms with van der Waals surface area (Å²) in [5.74, 6) is -0.613. The smallest absolute Gasteiger partial charge is 0.324 e. The maximum Gasteiger partial charge on any atom is 0.324 e. The zero-order valence-electron chi connectivity index (χ0n) is 11.2. The van der Waals surface area contributed by atoms with Gasteiger partial charge in [0.05, 0.1) is 7.11 Å². The number of pyridine rings is 1. The van der Waals surface area contributed by atoms with Gasteiger partial charge in [0.15, 0.2) is 0 Å². The summed E-state index contributed by atoms with van der Waals surface area (Å²) < 4.78 is 31.1. The number of piperidine rings is 1. The summed E-state index contributed by atoms with van der Waals surface area (Å²) in [6, 6.07) is 2.10. The van der Waals surface area contributed by atoms with Gasteiger partial charge in [0.2, 0.25) is 10.0 Å². The van der Waals surface area contributed by atoms with Crippen molar-refractivity contribution in [2.45, 2.75) is 30.2 Å². The van der Waals surface area contributed by atoms with Crippen LogP contribution in [-0.4, -0.2) is 43.4 Å². The van der Waals surface area contributed by atoms with Crippen LogP contribution in [0.5, 0.6) is 0 Å². The molecule has 2 heterocycles. The predicted octanol–water partition coefficient (Wildman–Crippen LogP) is 0.380. The summed E-state index contributed by atoms with van der Waals surface area (Å²) in [7, 11) is -2.60. The topological polar surface area (TPSA) is 103 Å². The standard InChI is InChI=1S/C12H17N3O4S/c1-19-12(16)9-5-2-3-8-15(9)20(17,18)10-6-4-7-14-11(10)13/h4,6-7,9H,2-3,5,8H2,1H3,(H2,13,14). The Morgan fingerprint density at radius 3 is 2.90 bits per heavy atom. The van der Waals surface area contributed by atoms with Gasteiger partial charge >= 0.3 is 5.97 Å². The number of aromatic nitrogens is 1. The van der Waals surface area contributed by atoms with Crippen molar-refractivity contribution in [3.63, 3.8) is 0 Å². The first-order chi connectivity index (χ1) is 9.48. The molecule has 8 heteroatoms. The van der Waals surface area contributed by atoms with Crippen molar-refractivity contribution in [1.82, 2.24) is 9.29 Å². The van der Waals surface area contributed by atoms with Gasteiger partial charge in [0.1, 0.15) is 16.8 Å². The van der Waals surface area contributed by atoms with Crippen LogP contribution >= 0.6 is 0 Å². The zero-order valence-corrected chi connectivity index (χ0v) is 12.0. The molecule has 1 aliphatic heterocycles. The van der Waals surface area contributed by atoms with Gasteiger partial charge in [-0.15, -0.1) is 0 Å². The molecule has 0 bridgehead atoms. The second-order valence-corrected chi connectivity index (χ2v) is 6.40. The fourth-order valence-corrected chi connectivity index (χ4v) is 4.03. The van der Waals surface area contributed by atoms with Crippen molar-refractivity contribution in [2.75, 3.05) is 19.4 Å². The lowest BCUT2D eigenvalue weighted by Gasteiger charge is -2.32. The van der Waals surface area contributed by atoms with E-state index in [1.807, 2.05) is 0 Å². The number of hydrogen-bond acceptors (Lipinski definition) is 6. The predicted molar refractivity (Wildman–Crippen MR) is 72.2 cm³/mol. The number of methoxy groups -OCH3 is 1.